The topological polar surface area (TPSA) is 119 Å². The molecular weight excluding hydrogens is 559 g/mol. The Kier molecular flexibility index (Phi) is 9.32. The highest BCUT2D eigenvalue weighted by atomic mass is 35.5. The Hall–Kier alpha value is -4.04. The van der Waals surface area contributed by atoms with Gasteiger partial charge in [-0.05, 0) is 79.8 Å². The van der Waals surface area contributed by atoms with Gasteiger partial charge in [-0.15, -0.1) is 0 Å². The first kappa shape index (κ1) is 29.5. The predicted molar refractivity (Wildman–Crippen MR) is 158 cm³/mol. The van der Waals surface area contributed by atoms with Gasteiger partial charge in [-0.1, -0.05) is 29.8 Å². The number of urea groups is 1. The quantitative estimate of drug-likeness (QED) is 0.287. The largest absolute Gasteiger partial charge is 0.377 e. The average molecular weight is 591 g/mol. The maximum Gasteiger partial charge on any atom is 0.323 e. The summed E-state index contributed by atoms with van der Waals surface area (Å²) in [5, 5.41) is 18.8. The highest BCUT2D eigenvalue weighted by molar-refractivity contribution is 6.30. The van der Waals surface area contributed by atoms with E-state index in [0.29, 0.717) is 23.1 Å². The first-order valence-electron chi connectivity index (χ1n) is 14.0. The molecule has 1 saturated heterocycles. The second kappa shape index (κ2) is 13.3. The van der Waals surface area contributed by atoms with Crippen molar-refractivity contribution in [1.29, 1.82) is 5.26 Å². The van der Waals surface area contributed by atoms with E-state index in [1.54, 1.807) is 30.3 Å². The summed E-state index contributed by atoms with van der Waals surface area (Å²) in [5.41, 5.74) is 2.14. The van der Waals surface area contributed by atoms with Gasteiger partial charge in [0.05, 0.1) is 34.5 Å². The molecule has 1 unspecified atom stereocenters. The van der Waals surface area contributed by atoms with E-state index in [-0.39, 0.29) is 36.6 Å². The SMILES string of the molecule is CCO[C@@H]1C[C@H](C(=O)Nc2cc(C(NCC3CC3)c3cccc(C#N)c3)ccc2F)N(C(=O)Nc2ccc(Cl)cn2)C1. The van der Waals surface area contributed by atoms with Crippen LogP contribution in [-0.2, 0) is 9.53 Å². The zero-order valence-corrected chi connectivity index (χ0v) is 23.9. The minimum atomic E-state index is -0.895. The minimum Gasteiger partial charge on any atom is -0.377 e. The van der Waals surface area contributed by atoms with E-state index in [9.17, 15) is 14.9 Å². The first-order chi connectivity index (χ1) is 20.3. The van der Waals surface area contributed by atoms with E-state index in [4.69, 9.17) is 16.3 Å². The van der Waals surface area contributed by atoms with Gasteiger partial charge in [0.25, 0.3) is 0 Å². The van der Waals surface area contributed by atoms with E-state index in [1.807, 2.05) is 25.1 Å². The number of rotatable bonds is 10. The molecule has 2 fully saturated rings. The van der Waals surface area contributed by atoms with Crippen LogP contribution in [0.25, 0.3) is 0 Å². The highest BCUT2D eigenvalue weighted by Gasteiger charge is 2.40. The number of nitrogens with zero attached hydrogens (tertiary/aromatic N) is 3. The van der Waals surface area contributed by atoms with Crippen molar-refractivity contribution in [1.82, 2.24) is 15.2 Å². The fourth-order valence-electron chi connectivity index (χ4n) is 5.11. The number of halogens is 2. The number of benzene rings is 2. The molecule has 3 atom stereocenters. The van der Waals surface area contributed by atoms with Gasteiger partial charge in [0.1, 0.15) is 17.7 Å². The summed E-state index contributed by atoms with van der Waals surface area (Å²) >= 11 is 5.89. The maximum atomic E-state index is 15.1. The smallest absolute Gasteiger partial charge is 0.323 e. The van der Waals surface area contributed by atoms with Crippen LogP contribution < -0.4 is 16.0 Å². The number of amides is 3. The zero-order valence-electron chi connectivity index (χ0n) is 23.1. The number of pyridine rings is 1. The summed E-state index contributed by atoms with van der Waals surface area (Å²) in [5.74, 6) is -0.250. The monoisotopic (exact) mass is 590 g/mol. The number of nitrogens with one attached hydrogen (secondary N) is 3. The van der Waals surface area contributed by atoms with Crippen LogP contribution in [0.15, 0.2) is 60.8 Å². The van der Waals surface area contributed by atoms with Crippen LogP contribution in [0.5, 0.6) is 0 Å². The Morgan fingerprint density at radius 1 is 1.17 bits per heavy atom. The molecule has 3 amide bonds. The normalized spacial score (nSPS) is 18.8. The summed E-state index contributed by atoms with van der Waals surface area (Å²) in [6.07, 6.45) is 3.63. The molecule has 2 heterocycles. The Morgan fingerprint density at radius 3 is 2.69 bits per heavy atom. The minimum absolute atomic E-state index is 0.00625. The lowest BCUT2D eigenvalue weighted by molar-refractivity contribution is -0.119. The standard InChI is InChI=1S/C31H32ClFN6O3/c1-2-42-24-14-27(39(18-24)31(41)38-28-11-9-23(32)17-35-28)30(40)37-26-13-22(8-10-25(26)33)29(36-16-19-6-7-19)21-5-3-4-20(12-21)15-34/h3-5,8-13,17,19,24,27,29,36H,2,6-7,14,16,18H2,1H3,(H,37,40)(H,35,38,41)/t24-,27-,29?/m1/s1. The lowest BCUT2D eigenvalue weighted by atomic mass is 9.96. The lowest BCUT2D eigenvalue weighted by Crippen LogP contribution is -2.45. The summed E-state index contributed by atoms with van der Waals surface area (Å²) in [6, 6.07) is 15.5. The van der Waals surface area contributed by atoms with Gasteiger partial charge in [-0.25, -0.2) is 14.2 Å². The van der Waals surface area contributed by atoms with Crippen molar-refractivity contribution in [2.45, 2.75) is 44.4 Å². The van der Waals surface area contributed by atoms with Crippen LogP contribution >= 0.6 is 11.6 Å². The highest BCUT2D eigenvalue weighted by Crippen LogP contribution is 2.32. The van der Waals surface area contributed by atoms with E-state index in [2.05, 4.69) is 27.0 Å². The van der Waals surface area contributed by atoms with Crippen molar-refractivity contribution in [3.63, 3.8) is 0 Å². The predicted octanol–water partition coefficient (Wildman–Crippen LogP) is 5.48. The van der Waals surface area contributed by atoms with Gasteiger partial charge in [-0.3, -0.25) is 10.1 Å². The summed E-state index contributed by atoms with van der Waals surface area (Å²) in [7, 11) is 0. The number of nitriles is 1. The molecule has 1 aliphatic carbocycles. The summed E-state index contributed by atoms with van der Waals surface area (Å²) in [6.45, 7) is 3.24. The molecule has 3 N–H and O–H groups in total. The van der Waals surface area contributed by atoms with Crippen molar-refractivity contribution < 1.29 is 18.7 Å². The number of likely N-dealkylation sites (tertiary alicyclic amines) is 1. The van der Waals surface area contributed by atoms with Gasteiger partial charge in [0.15, 0.2) is 0 Å². The molecule has 11 heteroatoms. The van der Waals surface area contributed by atoms with Crippen molar-refractivity contribution in [3.8, 4) is 6.07 Å². The van der Waals surface area contributed by atoms with Gasteiger partial charge in [0.2, 0.25) is 5.91 Å². The molecule has 0 spiro atoms. The van der Waals surface area contributed by atoms with E-state index >= 15 is 4.39 Å². The van der Waals surface area contributed by atoms with Gasteiger partial charge in [-0.2, -0.15) is 5.26 Å². The molecule has 2 aromatic carbocycles. The second-order valence-electron chi connectivity index (χ2n) is 10.5. The number of hydrogen-bond acceptors (Lipinski definition) is 6. The third-order valence-electron chi connectivity index (χ3n) is 7.43. The zero-order chi connectivity index (χ0) is 29.6. The molecular formula is C31H32ClFN6O3. The number of carbonyl (C=O) groups excluding carboxylic acids is 2. The fourth-order valence-corrected chi connectivity index (χ4v) is 5.23. The molecule has 1 saturated carbocycles. The molecule has 2 aliphatic rings. The van der Waals surface area contributed by atoms with Crippen LogP contribution in [0.4, 0.5) is 20.7 Å². The van der Waals surface area contributed by atoms with Crippen molar-refractivity contribution >= 4 is 35.0 Å². The van der Waals surface area contributed by atoms with Crippen LogP contribution in [0.1, 0.15) is 48.9 Å². The molecule has 218 valence electrons. The number of ether oxygens (including phenoxy) is 1. The molecule has 9 nitrogen and oxygen atoms in total. The second-order valence-corrected chi connectivity index (χ2v) is 11.0. The fraction of sp³-hybridized carbons (Fsp3) is 0.355. The number of carbonyl (C=O) groups is 2. The molecule has 1 aromatic heterocycles. The van der Waals surface area contributed by atoms with Gasteiger partial charge < -0.3 is 20.3 Å². The number of hydrogen-bond donors (Lipinski definition) is 3. The Balaban J connectivity index is 1.36. The summed E-state index contributed by atoms with van der Waals surface area (Å²) in [4.78, 5) is 32.2. The third-order valence-corrected chi connectivity index (χ3v) is 7.65. The molecule has 0 bridgehead atoms. The van der Waals surface area contributed by atoms with Crippen LogP contribution in [-0.4, -0.2) is 53.7 Å². The van der Waals surface area contributed by atoms with Gasteiger partial charge >= 0.3 is 6.03 Å². The Morgan fingerprint density at radius 2 is 1.98 bits per heavy atom. The van der Waals surface area contributed by atoms with Gasteiger partial charge in [0, 0.05) is 25.8 Å². The molecule has 42 heavy (non-hydrogen) atoms. The van der Waals surface area contributed by atoms with Crippen molar-refractivity contribution in [2.75, 3.05) is 30.3 Å². The van der Waals surface area contributed by atoms with Crippen molar-refractivity contribution in [2.24, 2.45) is 5.92 Å². The number of anilines is 2. The number of aromatic nitrogens is 1. The van der Waals surface area contributed by atoms with E-state index in [0.717, 1.165) is 30.5 Å². The Labute approximate surface area is 249 Å². The van der Waals surface area contributed by atoms with E-state index < -0.39 is 23.8 Å². The molecule has 0 radical (unpaired) electrons. The van der Waals surface area contributed by atoms with Crippen LogP contribution in [0.3, 0.4) is 0 Å². The van der Waals surface area contributed by atoms with Crippen LogP contribution in [0, 0.1) is 23.1 Å². The van der Waals surface area contributed by atoms with Crippen molar-refractivity contribution in [3.05, 3.63) is 88.3 Å². The molecule has 1 aliphatic heterocycles. The lowest BCUT2D eigenvalue weighted by Gasteiger charge is -2.24. The summed E-state index contributed by atoms with van der Waals surface area (Å²) < 4.78 is 20.8. The third kappa shape index (κ3) is 7.23. The first-order valence-corrected chi connectivity index (χ1v) is 14.4. The average Bonchev–Trinajstić information content (AvgIpc) is 3.72. The van der Waals surface area contributed by atoms with E-state index in [1.165, 1.54) is 17.2 Å². The molecule has 3 aromatic rings. The van der Waals surface area contributed by atoms with Crippen LogP contribution in [0.2, 0.25) is 5.02 Å². The maximum absolute atomic E-state index is 15.1. The Bertz CT molecular complexity index is 1480. The molecule has 5 rings (SSSR count).